The van der Waals surface area contributed by atoms with Crippen LogP contribution in [0.5, 0.6) is 0 Å². The molecule has 1 amide bonds. The Hall–Kier alpha value is -2.67. The lowest BCUT2D eigenvalue weighted by Gasteiger charge is -2.34. The van der Waals surface area contributed by atoms with Crippen molar-refractivity contribution in [2.75, 3.05) is 19.8 Å². The highest BCUT2D eigenvalue weighted by Crippen LogP contribution is 2.26. The van der Waals surface area contributed by atoms with E-state index in [0.29, 0.717) is 25.5 Å². The molecule has 7 nitrogen and oxygen atoms in total. The number of carbonyl (C=O) groups excluding carboxylic acids is 1. The summed E-state index contributed by atoms with van der Waals surface area (Å²) in [7, 11) is 0. The first-order chi connectivity index (χ1) is 11.6. The van der Waals surface area contributed by atoms with Gasteiger partial charge in [0.25, 0.3) is 5.91 Å². The molecule has 124 valence electrons. The van der Waals surface area contributed by atoms with Crippen molar-refractivity contribution in [2.24, 2.45) is 0 Å². The molecule has 1 saturated heterocycles. The van der Waals surface area contributed by atoms with Crippen molar-refractivity contribution < 1.29 is 9.53 Å². The molecule has 0 aliphatic carbocycles. The van der Waals surface area contributed by atoms with Gasteiger partial charge in [0.2, 0.25) is 0 Å². The van der Waals surface area contributed by atoms with Gasteiger partial charge in [0, 0.05) is 18.4 Å². The summed E-state index contributed by atoms with van der Waals surface area (Å²) in [5, 5.41) is 7.07. The van der Waals surface area contributed by atoms with Crippen LogP contribution in [0.15, 0.2) is 30.6 Å². The fourth-order valence-electron chi connectivity index (χ4n) is 3.18. The van der Waals surface area contributed by atoms with Crippen molar-refractivity contribution in [2.45, 2.75) is 19.9 Å². The molecule has 1 aliphatic heterocycles. The lowest BCUT2D eigenvalue weighted by atomic mass is 10.1. The van der Waals surface area contributed by atoms with E-state index in [1.165, 1.54) is 0 Å². The number of amides is 1. The minimum atomic E-state index is -0.167. The number of rotatable bonds is 2. The predicted molar refractivity (Wildman–Crippen MR) is 87.9 cm³/mol. The molecule has 0 radical (unpaired) electrons. The smallest absolute Gasteiger partial charge is 0.274 e. The summed E-state index contributed by atoms with van der Waals surface area (Å²) in [6.45, 7) is 5.50. The second kappa shape index (κ2) is 5.76. The van der Waals surface area contributed by atoms with E-state index in [2.05, 4.69) is 15.2 Å². The van der Waals surface area contributed by atoms with Gasteiger partial charge in [0.05, 0.1) is 31.1 Å². The second-order valence-corrected chi connectivity index (χ2v) is 6.08. The second-order valence-electron chi connectivity index (χ2n) is 6.08. The number of aryl methyl sites for hydroxylation is 2. The third-order valence-corrected chi connectivity index (χ3v) is 4.51. The Morgan fingerprint density at radius 3 is 3.00 bits per heavy atom. The molecule has 0 spiro atoms. The number of pyridine rings is 1. The molecule has 0 bridgehead atoms. The maximum absolute atomic E-state index is 13.1. The van der Waals surface area contributed by atoms with Gasteiger partial charge in [-0.15, -0.1) is 0 Å². The van der Waals surface area contributed by atoms with E-state index in [1.54, 1.807) is 12.4 Å². The maximum atomic E-state index is 13.1. The number of nitrogens with zero attached hydrogens (tertiary/aromatic N) is 4. The SMILES string of the molecule is Cc1cn[nH]c1[C@@H]1COCCN1C(=O)c1cn2c(C)cccc2n1. The molecule has 3 aromatic heterocycles. The summed E-state index contributed by atoms with van der Waals surface area (Å²) in [6.07, 6.45) is 3.57. The molecule has 0 aromatic carbocycles. The zero-order chi connectivity index (χ0) is 16.7. The number of aromatic nitrogens is 4. The van der Waals surface area contributed by atoms with Crippen molar-refractivity contribution in [3.8, 4) is 0 Å². The van der Waals surface area contributed by atoms with Crippen LogP contribution in [-0.2, 0) is 4.74 Å². The van der Waals surface area contributed by atoms with Crippen LogP contribution >= 0.6 is 0 Å². The number of ether oxygens (including phenoxy) is 1. The molecule has 4 heterocycles. The van der Waals surface area contributed by atoms with Crippen molar-refractivity contribution in [1.82, 2.24) is 24.5 Å². The fraction of sp³-hybridized carbons (Fsp3) is 0.353. The summed E-state index contributed by atoms with van der Waals surface area (Å²) in [5.41, 5.74) is 4.22. The standard InChI is InChI=1S/C17H19N5O2/c1-11-8-18-20-16(11)14-10-24-7-6-21(14)17(23)13-9-22-12(2)4-3-5-15(22)19-13/h3-5,8-9,14H,6-7,10H2,1-2H3,(H,18,20)/t14-/m0/s1. The van der Waals surface area contributed by atoms with Gasteiger partial charge < -0.3 is 14.0 Å². The summed E-state index contributed by atoms with van der Waals surface area (Å²) < 4.78 is 7.52. The zero-order valence-electron chi connectivity index (χ0n) is 13.7. The van der Waals surface area contributed by atoms with Gasteiger partial charge in [-0.1, -0.05) is 6.07 Å². The van der Waals surface area contributed by atoms with Crippen molar-refractivity contribution >= 4 is 11.6 Å². The Labute approximate surface area is 139 Å². The summed E-state index contributed by atoms with van der Waals surface area (Å²) >= 11 is 0. The Kier molecular flexibility index (Phi) is 3.57. The number of hydrogen-bond donors (Lipinski definition) is 1. The van der Waals surface area contributed by atoms with E-state index in [0.717, 1.165) is 22.6 Å². The first-order valence-corrected chi connectivity index (χ1v) is 7.98. The minimum absolute atomic E-state index is 0.0830. The topological polar surface area (TPSA) is 75.5 Å². The van der Waals surface area contributed by atoms with Gasteiger partial charge in [-0.3, -0.25) is 9.89 Å². The van der Waals surface area contributed by atoms with E-state index < -0.39 is 0 Å². The summed E-state index contributed by atoms with van der Waals surface area (Å²) in [6, 6.07) is 5.67. The van der Waals surface area contributed by atoms with Crippen LogP contribution in [0.25, 0.3) is 5.65 Å². The third kappa shape index (κ3) is 2.37. The molecule has 7 heteroatoms. The number of carbonyl (C=O) groups is 1. The molecule has 0 unspecified atom stereocenters. The molecular weight excluding hydrogens is 306 g/mol. The van der Waals surface area contributed by atoms with E-state index in [-0.39, 0.29) is 11.9 Å². The van der Waals surface area contributed by atoms with Gasteiger partial charge in [0.1, 0.15) is 11.3 Å². The molecule has 1 atom stereocenters. The molecule has 3 aromatic rings. The molecule has 24 heavy (non-hydrogen) atoms. The number of morpholine rings is 1. The first-order valence-electron chi connectivity index (χ1n) is 7.98. The Bertz CT molecular complexity index is 897. The molecule has 1 aliphatic rings. The Morgan fingerprint density at radius 1 is 1.38 bits per heavy atom. The number of fused-ring (bicyclic) bond motifs is 1. The monoisotopic (exact) mass is 325 g/mol. The van der Waals surface area contributed by atoms with E-state index in [9.17, 15) is 4.79 Å². The fourth-order valence-corrected chi connectivity index (χ4v) is 3.18. The first kappa shape index (κ1) is 14.9. The van der Waals surface area contributed by atoms with Gasteiger partial charge >= 0.3 is 0 Å². The van der Waals surface area contributed by atoms with Crippen molar-refractivity contribution in [3.63, 3.8) is 0 Å². The van der Waals surface area contributed by atoms with Crippen LogP contribution < -0.4 is 0 Å². The lowest BCUT2D eigenvalue weighted by molar-refractivity contribution is -0.00434. The van der Waals surface area contributed by atoms with E-state index in [4.69, 9.17) is 4.74 Å². The minimum Gasteiger partial charge on any atom is -0.377 e. The molecule has 4 rings (SSSR count). The average molecular weight is 325 g/mol. The van der Waals surface area contributed by atoms with Crippen LogP contribution in [0.3, 0.4) is 0 Å². The normalized spacial score (nSPS) is 18.2. The van der Waals surface area contributed by atoms with Gasteiger partial charge in [-0.2, -0.15) is 5.10 Å². The van der Waals surface area contributed by atoms with E-state index in [1.807, 2.05) is 41.3 Å². The average Bonchev–Trinajstić information content (AvgIpc) is 3.21. The largest absolute Gasteiger partial charge is 0.377 e. The quantitative estimate of drug-likeness (QED) is 0.781. The summed E-state index contributed by atoms with van der Waals surface area (Å²) in [5.74, 6) is -0.0830. The van der Waals surface area contributed by atoms with Crippen LogP contribution in [0, 0.1) is 13.8 Å². The Morgan fingerprint density at radius 2 is 2.25 bits per heavy atom. The summed E-state index contributed by atoms with van der Waals surface area (Å²) in [4.78, 5) is 19.4. The van der Waals surface area contributed by atoms with Crippen LogP contribution in [0.2, 0.25) is 0 Å². The van der Waals surface area contributed by atoms with Crippen molar-refractivity contribution in [3.05, 3.63) is 53.2 Å². The van der Waals surface area contributed by atoms with Gasteiger partial charge in [-0.25, -0.2) is 4.98 Å². The van der Waals surface area contributed by atoms with Crippen molar-refractivity contribution in [1.29, 1.82) is 0 Å². The van der Waals surface area contributed by atoms with Gasteiger partial charge in [-0.05, 0) is 31.5 Å². The third-order valence-electron chi connectivity index (χ3n) is 4.51. The maximum Gasteiger partial charge on any atom is 0.274 e. The Balaban J connectivity index is 1.70. The number of aromatic amines is 1. The number of hydrogen-bond acceptors (Lipinski definition) is 4. The highest BCUT2D eigenvalue weighted by Gasteiger charge is 2.32. The zero-order valence-corrected chi connectivity index (χ0v) is 13.7. The highest BCUT2D eigenvalue weighted by molar-refractivity contribution is 5.93. The predicted octanol–water partition coefficient (Wildman–Crippen LogP) is 1.89. The van der Waals surface area contributed by atoms with Crippen LogP contribution in [-0.4, -0.2) is 50.1 Å². The molecule has 1 N–H and O–H groups in total. The number of H-pyrrole nitrogens is 1. The highest BCUT2D eigenvalue weighted by atomic mass is 16.5. The molecule has 0 saturated carbocycles. The van der Waals surface area contributed by atoms with E-state index >= 15 is 0 Å². The molecule has 1 fully saturated rings. The van der Waals surface area contributed by atoms with Gasteiger partial charge in [0.15, 0.2) is 0 Å². The molecular formula is C17H19N5O2. The van der Waals surface area contributed by atoms with Crippen LogP contribution in [0.1, 0.15) is 33.5 Å². The number of nitrogens with one attached hydrogen (secondary N) is 1. The van der Waals surface area contributed by atoms with Crippen LogP contribution in [0.4, 0.5) is 0 Å². The lowest BCUT2D eigenvalue weighted by Crippen LogP contribution is -2.44. The number of imidazole rings is 1.